The molecule has 9 rings (SSSR count). The van der Waals surface area contributed by atoms with E-state index in [9.17, 15) is 4.39 Å². The third-order valence-corrected chi connectivity index (χ3v) is 10.1. The summed E-state index contributed by atoms with van der Waals surface area (Å²) in [6.07, 6.45) is 0. The maximum absolute atomic E-state index is 14.2. The maximum atomic E-state index is 14.2. The maximum Gasteiger partial charge on any atom is 0.123 e. The van der Waals surface area contributed by atoms with Crippen LogP contribution in [-0.4, -0.2) is 0 Å². The Labute approximate surface area is 263 Å². The molecule has 212 valence electrons. The largest absolute Gasteiger partial charge is 0.207 e. The molecule has 0 bridgehead atoms. The number of hydrogen-bond acceptors (Lipinski definition) is 0. The molecule has 0 aromatic heterocycles. The first kappa shape index (κ1) is 25.9. The number of halogens is 1. The van der Waals surface area contributed by atoms with Crippen molar-refractivity contribution >= 4 is 0 Å². The summed E-state index contributed by atoms with van der Waals surface area (Å²) in [6, 6.07) is 62.5. The Kier molecular flexibility index (Phi) is 5.61. The van der Waals surface area contributed by atoms with Gasteiger partial charge in [-0.1, -0.05) is 164 Å². The van der Waals surface area contributed by atoms with E-state index in [0.29, 0.717) is 0 Å². The standard InChI is InChI=1S/C44H29F/c45-33-28-26-30(27-29-33)34-18-7-9-21-37(34)43(31-14-3-1-4-15-31)39-23-11-12-24-40(39)44(32-16-5-2-6-17-32)38-22-10-8-19-35(38)36-20-13-25-41(43)42(36)44/h1-29H. The number of fused-ring (bicyclic) bond motifs is 5. The minimum Gasteiger partial charge on any atom is -0.207 e. The summed E-state index contributed by atoms with van der Waals surface area (Å²) in [5.41, 5.74) is 13.7. The van der Waals surface area contributed by atoms with E-state index in [-0.39, 0.29) is 5.82 Å². The number of rotatable bonds is 4. The highest BCUT2D eigenvalue weighted by atomic mass is 19.1. The lowest BCUT2D eigenvalue weighted by molar-refractivity contribution is 0.626. The number of hydrogen-bond donors (Lipinski definition) is 0. The van der Waals surface area contributed by atoms with Crippen LogP contribution in [0.1, 0.15) is 44.5 Å². The molecule has 7 aromatic rings. The normalized spacial score (nSPS) is 19.0. The molecule has 2 unspecified atom stereocenters. The molecule has 0 nitrogen and oxygen atoms in total. The molecule has 7 aromatic carbocycles. The van der Waals surface area contributed by atoms with Crippen LogP contribution in [0.15, 0.2) is 176 Å². The minimum absolute atomic E-state index is 0.233. The zero-order chi connectivity index (χ0) is 30.0. The summed E-state index contributed by atoms with van der Waals surface area (Å²) >= 11 is 0. The smallest absolute Gasteiger partial charge is 0.123 e. The molecule has 1 heteroatoms. The fraction of sp³-hybridized carbons (Fsp3) is 0.0455. The van der Waals surface area contributed by atoms with E-state index in [1.807, 2.05) is 12.1 Å². The van der Waals surface area contributed by atoms with E-state index in [2.05, 4.69) is 152 Å². The molecule has 2 aliphatic carbocycles. The Bertz CT molecular complexity index is 2220. The van der Waals surface area contributed by atoms with Gasteiger partial charge in [0.15, 0.2) is 0 Å². The average Bonchev–Trinajstić information content (AvgIpc) is 3.42. The molecule has 0 saturated carbocycles. The molecule has 2 atom stereocenters. The van der Waals surface area contributed by atoms with Crippen molar-refractivity contribution in [3.8, 4) is 22.3 Å². The lowest BCUT2D eigenvalue weighted by Gasteiger charge is -2.50. The molecular formula is C44H29F. The summed E-state index contributed by atoms with van der Waals surface area (Å²) in [6.45, 7) is 0. The van der Waals surface area contributed by atoms with E-state index in [4.69, 9.17) is 0 Å². The van der Waals surface area contributed by atoms with E-state index in [1.165, 1.54) is 55.6 Å². The lowest BCUT2D eigenvalue weighted by Crippen LogP contribution is -2.44. The highest BCUT2D eigenvalue weighted by molar-refractivity contribution is 5.92. The fourth-order valence-electron chi connectivity index (χ4n) is 8.51. The second-order valence-electron chi connectivity index (χ2n) is 12.1. The zero-order valence-corrected chi connectivity index (χ0v) is 24.6. The predicted octanol–water partition coefficient (Wildman–Crippen LogP) is 10.6. The van der Waals surface area contributed by atoms with E-state index >= 15 is 0 Å². The van der Waals surface area contributed by atoms with Crippen LogP contribution in [0.2, 0.25) is 0 Å². The van der Waals surface area contributed by atoms with Crippen LogP contribution in [0, 0.1) is 5.82 Å². The van der Waals surface area contributed by atoms with E-state index < -0.39 is 10.8 Å². The third-order valence-electron chi connectivity index (χ3n) is 10.1. The summed E-state index contributed by atoms with van der Waals surface area (Å²) in [4.78, 5) is 0. The van der Waals surface area contributed by atoms with Crippen molar-refractivity contribution < 1.29 is 4.39 Å². The van der Waals surface area contributed by atoms with Crippen LogP contribution in [0.4, 0.5) is 4.39 Å². The summed E-state index contributed by atoms with van der Waals surface area (Å²) < 4.78 is 14.2. The highest BCUT2D eigenvalue weighted by Crippen LogP contribution is 2.66. The van der Waals surface area contributed by atoms with Crippen LogP contribution in [-0.2, 0) is 10.8 Å². The van der Waals surface area contributed by atoms with Crippen LogP contribution >= 0.6 is 0 Å². The Balaban J connectivity index is 1.52. The van der Waals surface area contributed by atoms with Gasteiger partial charge in [0.25, 0.3) is 0 Å². The molecule has 0 aliphatic heterocycles. The van der Waals surface area contributed by atoms with Gasteiger partial charge in [-0.3, -0.25) is 0 Å². The second-order valence-corrected chi connectivity index (χ2v) is 12.1. The Morgan fingerprint density at radius 1 is 0.311 bits per heavy atom. The molecule has 0 heterocycles. The minimum atomic E-state index is -0.644. The third kappa shape index (κ3) is 3.36. The van der Waals surface area contributed by atoms with Crippen molar-refractivity contribution in [2.75, 3.05) is 0 Å². The average molecular weight is 577 g/mol. The van der Waals surface area contributed by atoms with E-state index in [1.54, 1.807) is 12.1 Å². The molecule has 0 radical (unpaired) electrons. The lowest BCUT2D eigenvalue weighted by atomic mass is 9.51. The first-order valence-corrected chi connectivity index (χ1v) is 15.6. The van der Waals surface area contributed by atoms with Gasteiger partial charge < -0.3 is 0 Å². The van der Waals surface area contributed by atoms with Gasteiger partial charge in [0.1, 0.15) is 5.82 Å². The summed E-state index contributed by atoms with van der Waals surface area (Å²) in [5, 5.41) is 0. The van der Waals surface area contributed by atoms with Crippen LogP contribution in [0.25, 0.3) is 22.3 Å². The topological polar surface area (TPSA) is 0 Å². The highest BCUT2D eigenvalue weighted by Gasteiger charge is 2.57. The van der Waals surface area contributed by atoms with E-state index in [0.717, 1.165) is 11.1 Å². The molecule has 0 fully saturated rings. The number of benzene rings is 7. The summed E-state index contributed by atoms with van der Waals surface area (Å²) in [5.74, 6) is -0.233. The molecule has 0 N–H and O–H groups in total. The Morgan fingerprint density at radius 3 is 1.40 bits per heavy atom. The van der Waals surface area contributed by atoms with Crippen molar-refractivity contribution in [3.63, 3.8) is 0 Å². The molecule has 2 aliphatic rings. The van der Waals surface area contributed by atoms with Gasteiger partial charge in [-0.2, -0.15) is 0 Å². The first-order valence-electron chi connectivity index (χ1n) is 15.6. The van der Waals surface area contributed by atoms with Crippen LogP contribution < -0.4 is 0 Å². The van der Waals surface area contributed by atoms with Gasteiger partial charge in [-0.25, -0.2) is 4.39 Å². The molecular weight excluding hydrogens is 547 g/mol. The van der Waals surface area contributed by atoms with Crippen molar-refractivity contribution in [1.29, 1.82) is 0 Å². The van der Waals surface area contributed by atoms with Crippen LogP contribution in [0.5, 0.6) is 0 Å². The van der Waals surface area contributed by atoms with Gasteiger partial charge in [0, 0.05) is 0 Å². The van der Waals surface area contributed by atoms with Gasteiger partial charge in [0.2, 0.25) is 0 Å². The Hall–Kier alpha value is -5.53. The van der Waals surface area contributed by atoms with Crippen molar-refractivity contribution in [3.05, 3.63) is 226 Å². The van der Waals surface area contributed by atoms with Crippen molar-refractivity contribution in [2.24, 2.45) is 0 Å². The molecule has 0 saturated heterocycles. The van der Waals surface area contributed by atoms with Crippen molar-refractivity contribution in [2.45, 2.75) is 10.8 Å². The van der Waals surface area contributed by atoms with Crippen LogP contribution in [0.3, 0.4) is 0 Å². The van der Waals surface area contributed by atoms with Gasteiger partial charge >= 0.3 is 0 Å². The van der Waals surface area contributed by atoms with Crippen molar-refractivity contribution in [1.82, 2.24) is 0 Å². The predicted molar refractivity (Wildman–Crippen MR) is 181 cm³/mol. The first-order chi connectivity index (χ1) is 22.3. The fourth-order valence-corrected chi connectivity index (χ4v) is 8.51. The van der Waals surface area contributed by atoms with Gasteiger partial charge in [-0.15, -0.1) is 0 Å². The quantitative estimate of drug-likeness (QED) is 0.196. The molecule has 0 spiro atoms. The molecule has 45 heavy (non-hydrogen) atoms. The van der Waals surface area contributed by atoms with Gasteiger partial charge in [-0.05, 0) is 78.9 Å². The SMILES string of the molecule is Fc1ccc(-c2ccccc2C2(c3ccccc3)c3ccccc3C3(c4ccccc4)c4ccccc4-c4cccc2c43)cc1. The van der Waals surface area contributed by atoms with Gasteiger partial charge in [0.05, 0.1) is 10.8 Å². The summed E-state index contributed by atoms with van der Waals surface area (Å²) in [7, 11) is 0. The zero-order valence-electron chi connectivity index (χ0n) is 24.6. The molecule has 0 amide bonds. The monoisotopic (exact) mass is 576 g/mol. The Morgan fingerprint density at radius 2 is 0.756 bits per heavy atom. The second kappa shape index (κ2) is 9.74.